The van der Waals surface area contributed by atoms with E-state index in [9.17, 15) is 0 Å². The minimum atomic E-state index is 0.377. The average molecular weight is 295 g/mol. The lowest BCUT2D eigenvalue weighted by molar-refractivity contribution is 0.593. The maximum absolute atomic E-state index is 4.29. The van der Waals surface area contributed by atoms with Crippen LogP contribution in [0.4, 0.5) is 0 Å². The average Bonchev–Trinajstić information content (AvgIpc) is 2.58. The van der Waals surface area contributed by atoms with Gasteiger partial charge >= 0.3 is 0 Å². The summed E-state index contributed by atoms with van der Waals surface area (Å²) in [5.41, 5.74) is 2.63. The second-order valence-corrected chi connectivity index (χ2v) is 5.48. The van der Waals surface area contributed by atoms with Gasteiger partial charge in [-0.2, -0.15) is 0 Å². The van der Waals surface area contributed by atoms with Crippen LogP contribution in [0.15, 0.2) is 65.7 Å². The molecule has 3 nitrogen and oxygen atoms in total. The van der Waals surface area contributed by atoms with E-state index >= 15 is 0 Å². The zero-order valence-electron chi connectivity index (χ0n) is 13.4. The van der Waals surface area contributed by atoms with Gasteiger partial charge < -0.3 is 10.6 Å². The van der Waals surface area contributed by atoms with Gasteiger partial charge in [0.05, 0.1) is 0 Å². The van der Waals surface area contributed by atoms with Crippen molar-refractivity contribution in [3.05, 3.63) is 71.8 Å². The van der Waals surface area contributed by atoms with Crippen molar-refractivity contribution in [1.29, 1.82) is 0 Å². The van der Waals surface area contributed by atoms with Crippen molar-refractivity contribution in [3.8, 4) is 0 Å². The Hall–Kier alpha value is -2.29. The normalized spacial score (nSPS) is 12.7. The lowest BCUT2D eigenvalue weighted by Gasteiger charge is -2.18. The van der Waals surface area contributed by atoms with E-state index in [2.05, 4.69) is 77.1 Å². The first kappa shape index (κ1) is 16.1. The van der Waals surface area contributed by atoms with Gasteiger partial charge in [0.1, 0.15) is 0 Å². The van der Waals surface area contributed by atoms with Crippen LogP contribution in [0, 0.1) is 0 Å². The Kier molecular flexibility index (Phi) is 6.49. The molecule has 2 aromatic rings. The van der Waals surface area contributed by atoms with Gasteiger partial charge in [0, 0.05) is 19.6 Å². The molecule has 0 heterocycles. The zero-order valence-corrected chi connectivity index (χ0v) is 13.4. The number of nitrogens with one attached hydrogen (secondary N) is 2. The summed E-state index contributed by atoms with van der Waals surface area (Å²) in [5.74, 6) is 0.851. The third-order valence-electron chi connectivity index (χ3n) is 3.62. The molecule has 0 fully saturated rings. The van der Waals surface area contributed by atoms with Crippen LogP contribution in [-0.2, 0) is 13.0 Å². The summed E-state index contributed by atoms with van der Waals surface area (Å²) < 4.78 is 0. The molecule has 0 aliphatic heterocycles. The Bertz CT molecular complexity index is 564. The zero-order chi connectivity index (χ0) is 15.6. The standard InChI is InChI=1S/C19H25N3/c1-16(13-14-17-9-5-3-6-10-17)22-19(20-2)21-15-18-11-7-4-8-12-18/h3-12,16H,13-15H2,1-2H3,(H2,20,21,22). The SMILES string of the molecule is CN=C(NCc1ccccc1)NC(C)CCc1ccccc1. The molecule has 0 spiro atoms. The first-order valence-electron chi connectivity index (χ1n) is 7.83. The first-order chi connectivity index (χ1) is 10.8. The van der Waals surface area contributed by atoms with Crippen LogP contribution in [0.3, 0.4) is 0 Å². The second kappa shape index (κ2) is 8.88. The van der Waals surface area contributed by atoms with Crippen molar-refractivity contribution in [2.75, 3.05) is 7.05 Å². The Labute approximate surface area is 133 Å². The van der Waals surface area contributed by atoms with Gasteiger partial charge in [0.25, 0.3) is 0 Å². The molecular weight excluding hydrogens is 270 g/mol. The summed E-state index contributed by atoms with van der Waals surface area (Å²) in [7, 11) is 1.81. The van der Waals surface area contributed by atoms with E-state index in [0.29, 0.717) is 6.04 Å². The van der Waals surface area contributed by atoms with Crippen molar-refractivity contribution in [3.63, 3.8) is 0 Å². The molecular formula is C19H25N3. The van der Waals surface area contributed by atoms with Gasteiger partial charge in [-0.3, -0.25) is 4.99 Å². The molecule has 0 saturated carbocycles. The monoisotopic (exact) mass is 295 g/mol. The molecule has 0 bridgehead atoms. The number of nitrogens with zero attached hydrogens (tertiary/aromatic N) is 1. The van der Waals surface area contributed by atoms with Crippen LogP contribution in [0.2, 0.25) is 0 Å². The Balaban J connectivity index is 1.75. The second-order valence-electron chi connectivity index (χ2n) is 5.48. The molecule has 2 N–H and O–H groups in total. The first-order valence-corrected chi connectivity index (χ1v) is 7.83. The largest absolute Gasteiger partial charge is 0.354 e. The highest BCUT2D eigenvalue weighted by Crippen LogP contribution is 2.04. The molecule has 2 rings (SSSR count). The minimum absolute atomic E-state index is 0.377. The quantitative estimate of drug-likeness (QED) is 0.633. The van der Waals surface area contributed by atoms with E-state index in [1.54, 1.807) is 0 Å². The van der Waals surface area contributed by atoms with Crippen LogP contribution in [0.1, 0.15) is 24.5 Å². The summed E-state index contributed by atoms with van der Waals surface area (Å²) in [6.07, 6.45) is 2.15. The maximum atomic E-state index is 4.29. The topological polar surface area (TPSA) is 36.4 Å². The molecule has 116 valence electrons. The van der Waals surface area contributed by atoms with E-state index < -0.39 is 0 Å². The number of aliphatic imine (C=N–C) groups is 1. The van der Waals surface area contributed by atoms with Crippen molar-refractivity contribution >= 4 is 5.96 Å². The molecule has 0 aliphatic rings. The van der Waals surface area contributed by atoms with Crippen molar-refractivity contribution in [2.45, 2.75) is 32.4 Å². The maximum Gasteiger partial charge on any atom is 0.191 e. The summed E-state index contributed by atoms with van der Waals surface area (Å²) in [5, 5.41) is 6.80. The highest BCUT2D eigenvalue weighted by atomic mass is 15.2. The van der Waals surface area contributed by atoms with Crippen LogP contribution in [0.5, 0.6) is 0 Å². The predicted octanol–water partition coefficient (Wildman–Crippen LogP) is 3.37. The van der Waals surface area contributed by atoms with Crippen LogP contribution >= 0.6 is 0 Å². The van der Waals surface area contributed by atoms with E-state index in [-0.39, 0.29) is 0 Å². The molecule has 1 unspecified atom stereocenters. The number of hydrogen-bond acceptors (Lipinski definition) is 1. The van der Waals surface area contributed by atoms with Crippen molar-refractivity contribution < 1.29 is 0 Å². The van der Waals surface area contributed by atoms with E-state index in [1.807, 2.05) is 13.1 Å². The van der Waals surface area contributed by atoms with Crippen molar-refractivity contribution in [2.24, 2.45) is 4.99 Å². The lowest BCUT2D eigenvalue weighted by Crippen LogP contribution is -2.42. The molecule has 0 amide bonds. The number of guanidine groups is 1. The van der Waals surface area contributed by atoms with Crippen LogP contribution in [-0.4, -0.2) is 19.0 Å². The van der Waals surface area contributed by atoms with E-state index in [1.165, 1.54) is 11.1 Å². The van der Waals surface area contributed by atoms with Gasteiger partial charge in [0.2, 0.25) is 0 Å². The van der Waals surface area contributed by atoms with E-state index in [4.69, 9.17) is 0 Å². The third-order valence-corrected chi connectivity index (χ3v) is 3.62. The molecule has 1 atom stereocenters. The highest BCUT2D eigenvalue weighted by Gasteiger charge is 2.05. The molecule has 3 heteroatoms. The number of aryl methyl sites for hydroxylation is 1. The van der Waals surface area contributed by atoms with Crippen molar-refractivity contribution in [1.82, 2.24) is 10.6 Å². The van der Waals surface area contributed by atoms with Gasteiger partial charge in [-0.15, -0.1) is 0 Å². The smallest absolute Gasteiger partial charge is 0.191 e. The highest BCUT2D eigenvalue weighted by molar-refractivity contribution is 5.79. The number of hydrogen-bond donors (Lipinski definition) is 2. The molecule has 2 aromatic carbocycles. The molecule has 0 radical (unpaired) electrons. The summed E-state index contributed by atoms with van der Waals surface area (Å²) in [6, 6.07) is 21.3. The third kappa shape index (κ3) is 5.60. The van der Waals surface area contributed by atoms with Crippen LogP contribution < -0.4 is 10.6 Å². The molecule has 22 heavy (non-hydrogen) atoms. The molecule has 0 saturated heterocycles. The molecule has 0 aromatic heterocycles. The summed E-state index contributed by atoms with van der Waals surface area (Å²) >= 11 is 0. The van der Waals surface area contributed by atoms with Gasteiger partial charge in [-0.25, -0.2) is 0 Å². The van der Waals surface area contributed by atoms with Gasteiger partial charge in [0.15, 0.2) is 5.96 Å². The predicted molar refractivity (Wildman–Crippen MR) is 94.0 cm³/mol. The summed E-state index contributed by atoms with van der Waals surface area (Å²) in [4.78, 5) is 4.29. The summed E-state index contributed by atoms with van der Waals surface area (Å²) in [6.45, 7) is 2.98. The van der Waals surface area contributed by atoms with Gasteiger partial charge in [-0.1, -0.05) is 60.7 Å². The fourth-order valence-electron chi connectivity index (χ4n) is 2.31. The number of rotatable bonds is 6. The van der Waals surface area contributed by atoms with Crippen LogP contribution in [0.25, 0.3) is 0 Å². The molecule has 0 aliphatic carbocycles. The minimum Gasteiger partial charge on any atom is -0.354 e. The Morgan fingerprint density at radius 1 is 0.955 bits per heavy atom. The fourth-order valence-corrected chi connectivity index (χ4v) is 2.31. The lowest BCUT2D eigenvalue weighted by atomic mass is 10.1. The number of benzene rings is 2. The Morgan fingerprint density at radius 3 is 2.14 bits per heavy atom. The van der Waals surface area contributed by atoms with Gasteiger partial charge in [-0.05, 0) is 30.9 Å². The fraction of sp³-hybridized carbons (Fsp3) is 0.316. The van der Waals surface area contributed by atoms with E-state index in [0.717, 1.165) is 25.3 Å². The Morgan fingerprint density at radius 2 is 1.55 bits per heavy atom.